The molecule has 0 saturated carbocycles. The second kappa shape index (κ2) is 6.21. The Bertz CT molecular complexity index is 1020. The van der Waals surface area contributed by atoms with Crippen LogP contribution in [0.15, 0.2) is 43.4 Å². The summed E-state index contributed by atoms with van der Waals surface area (Å²) in [6.07, 6.45) is 4.30. The molecule has 0 fully saturated rings. The van der Waals surface area contributed by atoms with Gasteiger partial charge in [-0.1, -0.05) is 6.58 Å². The standard InChI is InChI=1S/C18H15F2N5O/c1-2-16(26)25-7-13-12(5-10(19)6-14(13)20)15(8-25)24-18-11-3-4-21-17(11)22-9-23-18/h2-6,9,15H,1,7-8H2,(H2,21,22,23,24)/t15-/m0/s1. The number of halogens is 2. The fraction of sp³-hybridized carbons (Fsp3) is 0.167. The number of carbonyl (C=O) groups excluding carboxylic acids is 1. The molecule has 1 aromatic carbocycles. The molecule has 1 atom stereocenters. The summed E-state index contributed by atoms with van der Waals surface area (Å²) in [5, 5.41) is 3.95. The van der Waals surface area contributed by atoms with Crippen LogP contribution >= 0.6 is 0 Å². The highest BCUT2D eigenvalue weighted by atomic mass is 19.1. The van der Waals surface area contributed by atoms with E-state index in [0.717, 1.165) is 11.5 Å². The van der Waals surface area contributed by atoms with Crippen LogP contribution in [0, 0.1) is 11.6 Å². The average Bonchev–Trinajstić information content (AvgIpc) is 3.11. The summed E-state index contributed by atoms with van der Waals surface area (Å²) in [5.74, 6) is -1.14. The van der Waals surface area contributed by atoms with Crippen molar-refractivity contribution in [3.05, 3.63) is 66.1 Å². The molecular weight excluding hydrogens is 340 g/mol. The van der Waals surface area contributed by atoms with Crippen molar-refractivity contribution in [2.24, 2.45) is 0 Å². The summed E-state index contributed by atoms with van der Waals surface area (Å²) in [7, 11) is 0. The number of fused-ring (bicyclic) bond motifs is 2. The van der Waals surface area contributed by atoms with Gasteiger partial charge in [-0.15, -0.1) is 0 Å². The maximum atomic E-state index is 14.3. The van der Waals surface area contributed by atoms with E-state index in [1.54, 1.807) is 12.3 Å². The lowest BCUT2D eigenvalue weighted by molar-refractivity contribution is -0.127. The molecule has 0 aliphatic carbocycles. The minimum absolute atomic E-state index is 0.0633. The van der Waals surface area contributed by atoms with E-state index in [1.165, 1.54) is 23.4 Å². The van der Waals surface area contributed by atoms with Crippen LogP contribution in [-0.2, 0) is 11.3 Å². The summed E-state index contributed by atoms with van der Waals surface area (Å²) < 4.78 is 28.1. The lowest BCUT2D eigenvalue weighted by atomic mass is 9.94. The molecule has 0 unspecified atom stereocenters. The Labute approximate surface area is 147 Å². The van der Waals surface area contributed by atoms with Crippen LogP contribution in [0.25, 0.3) is 11.0 Å². The van der Waals surface area contributed by atoms with Crippen LogP contribution in [0.1, 0.15) is 17.2 Å². The van der Waals surface area contributed by atoms with Crippen molar-refractivity contribution in [1.82, 2.24) is 19.9 Å². The Morgan fingerprint density at radius 2 is 2.23 bits per heavy atom. The van der Waals surface area contributed by atoms with Gasteiger partial charge in [-0.25, -0.2) is 18.7 Å². The molecule has 1 amide bonds. The minimum atomic E-state index is -0.678. The molecule has 2 N–H and O–H groups in total. The quantitative estimate of drug-likeness (QED) is 0.709. The average molecular weight is 355 g/mol. The number of amides is 1. The van der Waals surface area contributed by atoms with E-state index in [0.29, 0.717) is 17.0 Å². The van der Waals surface area contributed by atoms with Gasteiger partial charge in [-0.2, -0.15) is 0 Å². The molecule has 4 rings (SSSR count). The number of hydrogen-bond donors (Lipinski definition) is 2. The first-order valence-electron chi connectivity index (χ1n) is 8.00. The van der Waals surface area contributed by atoms with E-state index < -0.39 is 17.7 Å². The van der Waals surface area contributed by atoms with Crippen molar-refractivity contribution < 1.29 is 13.6 Å². The number of hydrogen-bond acceptors (Lipinski definition) is 4. The van der Waals surface area contributed by atoms with Crippen LogP contribution in [-0.4, -0.2) is 32.3 Å². The number of H-pyrrole nitrogens is 1. The molecule has 132 valence electrons. The van der Waals surface area contributed by atoms with Gasteiger partial charge in [-0.3, -0.25) is 4.79 Å². The summed E-state index contributed by atoms with van der Waals surface area (Å²) in [5.41, 5.74) is 1.39. The molecule has 1 aliphatic heterocycles. The highest BCUT2D eigenvalue weighted by molar-refractivity contribution is 5.88. The zero-order valence-corrected chi connectivity index (χ0v) is 13.7. The van der Waals surface area contributed by atoms with Crippen LogP contribution in [0.4, 0.5) is 14.6 Å². The first kappa shape index (κ1) is 16.2. The number of aromatic nitrogens is 3. The number of nitrogens with one attached hydrogen (secondary N) is 2. The topological polar surface area (TPSA) is 73.9 Å². The second-order valence-corrected chi connectivity index (χ2v) is 6.04. The zero-order valence-electron chi connectivity index (χ0n) is 13.7. The summed E-state index contributed by atoms with van der Waals surface area (Å²) in [6.45, 7) is 3.78. The third-order valence-electron chi connectivity index (χ3n) is 4.47. The molecule has 2 aromatic heterocycles. The van der Waals surface area contributed by atoms with Gasteiger partial charge < -0.3 is 15.2 Å². The Morgan fingerprint density at radius 1 is 1.38 bits per heavy atom. The van der Waals surface area contributed by atoms with Crippen molar-refractivity contribution in [3.8, 4) is 0 Å². The van der Waals surface area contributed by atoms with Gasteiger partial charge in [0, 0.05) is 30.9 Å². The zero-order chi connectivity index (χ0) is 18.3. The number of carbonyl (C=O) groups is 1. The van der Waals surface area contributed by atoms with Crippen LogP contribution in [0.2, 0.25) is 0 Å². The number of nitrogens with zero attached hydrogens (tertiary/aromatic N) is 3. The molecule has 3 heterocycles. The molecule has 0 spiro atoms. The fourth-order valence-corrected chi connectivity index (χ4v) is 3.25. The highest BCUT2D eigenvalue weighted by Gasteiger charge is 2.30. The van der Waals surface area contributed by atoms with Crippen LogP contribution < -0.4 is 5.32 Å². The molecule has 0 bridgehead atoms. The molecule has 8 heteroatoms. The highest BCUT2D eigenvalue weighted by Crippen LogP contribution is 2.33. The summed E-state index contributed by atoms with van der Waals surface area (Å²) in [4.78, 5) is 24.9. The van der Waals surface area contributed by atoms with E-state index in [9.17, 15) is 13.6 Å². The predicted molar refractivity (Wildman–Crippen MR) is 92.2 cm³/mol. The van der Waals surface area contributed by atoms with Gasteiger partial charge in [0.15, 0.2) is 0 Å². The van der Waals surface area contributed by atoms with Gasteiger partial charge in [0.25, 0.3) is 0 Å². The Balaban J connectivity index is 1.78. The SMILES string of the molecule is C=CC(=O)N1Cc2c(F)cc(F)cc2[C@@H](Nc2ncnc3[nH]ccc23)C1. The number of rotatable bonds is 3. The maximum Gasteiger partial charge on any atom is 0.246 e. The van der Waals surface area contributed by atoms with Gasteiger partial charge in [0.2, 0.25) is 5.91 Å². The molecular formula is C18H15F2N5O. The van der Waals surface area contributed by atoms with Gasteiger partial charge in [0.1, 0.15) is 29.4 Å². The third-order valence-corrected chi connectivity index (χ3v) is 4.47. The van der Waals surface area contributed by atoms with Crippen molar-refractivity contribution in [1.29, 1.82) is 0 Å². The first-order chi connectivity index (χ1) is 12.6. The lowest BCUT2D eigenvalue weighted by Gasteiger charge is -2.35. The number of benzene rings is 1. The lowest BCUT2D eigenvalue weighted by Crippen LogP contribution is -2.40. The maximum absolute atomic E-state index is 14.3. The van der Waals surface area contributed by atoms with E-state index >= 15 is 0 Å². The van der Waals surface area contributed by atoms with Crippen LogP contribution in [0.3, 0.4) is 0 Å². The third kappa shape index (κ3) is 2.69. The number of anilines is 1. The summed E-state index contributed by atoms with van der Waals surface area (Å²) in [6, 6.07) is 3.40. The van der Waals surface area contributed by atoms with E-state index in [-0.39, 0.29) is 24.6 Å². The van der Waals surface area contributed by atoms with Gasteiger partial charge in [-0.05, 0) is 23.8 Å². The van der Waals surface area contributed by atoms with Crippen LogP contribution in [0.5, 0.6) is 0 Å². The molecule has 0 saturated heterocycles. The molecule has 1 aliphatic rings. The molecule has 0 radical (unpaired) electrons. The molecule has 26 heavy (non-hydrogen) atoms. The largest absolute Gasteiger partial charge is 0.361 e. The van der Waals surface area contributed by atoms with Gasteiger partial charge in [0.05, 0.1) is 11.4 Å². The normalized spacial score (nSPS) is 16.4. The van der Waals surface area contributed by atoms with Crippen molar-refractivity contribution in [2.75, 3.05) is 11.9 Å². The Hall–Kier alpha value is -3.29. The summed E-state index contributed by atoms with van der Waals surface area (Å²) >= 11 is 0. The number of aromatic amines is 1. The Kier molecular flexibility index (Phi) is 3.87. The fourth-order valence-electron chi connectivity index (χ4n) is 3.25. The predicted octanol–water partition coefficient (Wildman–Crippen LogP) is 2.92. The molecule has 6 nitrogen and oxygen atoms in total. The van der Waals surface area contributed by atoms with E-state index in [1.807, 2.05) is 0 Å². The van der Waals surface area contributed by atoms with Crippen molar-refractivity contribution in [2.45, 2.75) is 12.6 Å². The minimum Gasteiger partial charge on any atom is -0.361 e. The van der Waals surface area contributed by atoms with Gasteiger partial charge >= 0.3 is 0 Å². The van der Waals surface area contributed by atoms with Crippen molar-refractivity contribution >= 4 is 22.8 Å². The van der Waals surface area contributed by atoms with E-state index in [4.69, 9.17) is 0 Å². The first-order valence-corrected chi connectivity index (χ1v) is 8.00. The van der Waals surface area contributed by atoms with Crippen molar-refractivity contribution in [3.63, 3.8) is 0 Å². The van der Waals surface area contributed by atoms with E-state index in [2.05, 4.69) is 26.8 Å². The monoisotopic (exact) mass is 355 g/mol. The second-order valence-electron chi connectivity index (χ2n) is 6.04. The Morgan fingerprint density at radius 3 is 3.04 bits per heavy atom. The molecule has 3 aromatic rings. The smallest absolute Gasteiger partial charge is 0.246 e.